The van der Waals surface area contributed by atoms with Gasteiger partial charge in [-0.15, -0.1) is 0 Å². The highest BCUT2D eigenvalue weighted by Crippen LogP contribution is 2.35. The van der Waals surface area contributed by atoms with Crippen LogP contribution in [0.1, 0.15) is 60.0 Å². The minimum atomic E-state index is 0.590. The largest absolute Gasteiger partial charge is 0.298 e. The molecule has 2 aromatic rings. The van der Waals surface area contributed by atoms with Gasteiger partial charge in [0.25, 0.3) is 0 Å². The van der Waals surface area contributed by atoms with Gasteiger partial charge in [-0.05, 0) is 74.9 Å². The van der Waals surface area contributed by atoms with Gasteiger partial charge in [-0.25, -0.2) is 0 Å². The third-order valence-electron chi connectivity index (χ3n) is 6.55. The van der Waals surface area contributed by atoms with Crippen LogP contribution < -0.4 is 0 Å². The Labute approximate surface area is 158 Å². The van der Waals surface area contributed by atoms with Crippen molar-refractivity contribution in [3.8, 4) is 0 Å². The van der Waals surface area contributed by atoms with Crippen LogP contribution >= 0.6 is 0 Å². The van der Waals surface area contributed by atoms with Gasteiger partial charge in [-0.2, -0.15) is 0 Å². The number of aryl methyl sites for hydroxylation is 2. The summed E-state index contributed by atoms with van der Waals surface area (Å²) in [5.74, 6) is 0. The van der Waals surface area contributed by atoms with Gasteiger partial charge >= 0.3 is 0 Å². The number of likely N-dealkylation sites (N-methyl/N-ethyl adjacent to an activating group) is 2. The van der Waals surface area contributed by atoms with Crippen LogP contribution in [0.2, 0.25) is 0 Å². The van der Waals surface area contributed by atoms with Gasteiger partial charge in [0.1, 0.15) is 0 Å². The summed E-state index contributed by atoms with van der Waals surface area (Å²) in [5, 5.41) is 0. The Morgan fingerprint density at radius 3 is 1.58 bits per heavy atom. The third kappa shape index (κ3) is 3.58. The molecule has 2 heteroatoms. The molecule has 138 valence electrons. The number of benzene rings is 2. The third-order valence-corrected chi connectivity index (χ3v) is 6.55. The minimum Gasteiger partial charge on any atom is -0.298 e. The van der Waals surface area contributed by atoms with Crippen LogP contribution in [0.4, 0.5) is 0 Å². The van der Waals surface area contributed by atoms with Gasteiger partial charge < -0.3 is 0 Å². The van der Waals surface area contributed by atoms with Crippen LogP contribution in [0.3, 0.4) is 0 Å². The molecule has 0 aliphatic heterocycles. The first-order valence-corrected chi connectivity index (χ1v) is 10.3. The molecule has 0 bridgehead atoms. The normalized spacial score (nSPS) is 22.3. The lowest BCUT2D eigenvalue weighted by Crippen LogP contribution is -2.37. The van der Waals surface area contributed by atoms with E-state index in [0.717, 1.165) is 13.1 Å². The molecule has 0 fully saturated rings. The summed E-state index contributed by atoms with van der Waals surface area (Å²) in [4.78, 5) is 5.17. The average molecular weight is 349 g/mol. The molecule has 0 spiro atoms. The molecule has 0 aromatic heterocycles. The zero-order chi connectivity index (χ0) is 17.9. The fourth-order valence-electron chi connectivity index (χ4n) is 5.00. The average Bonchev–Trinajstić information content (AvgIpc) is 2.71. The summed E-state index contributed by atoms with van der Waals surface area (Å²) in [6.45, 7) is 2.27. The highest BCUT2D eigenvalue weighted by Gasteiger charge is 2.26. The number of hydrogen-bond donors (Lipinski definition) is 0. The Balaban J connectivity index is 1.40. The van der Waals surface area contributed by atoms with Gasteiger partial charge in [0.15, 0.2) is 0 Å². The second-order valence-electron chi connectivity index (χ2n) is 8.17. The van der Waals surface area contributed by atoms with Gasteiger partial charge in [0, 0.05) is 25.2 Å². The molecule has 2 atom stereocenters. The molecule has 2 aromatic carbocycles. The van der Waals surface area contributed by atoms with Gasteiger partial charge in [-0.3, -0.25) is 9.80 Å². The van der Waals surface area contributed by atoms with Crippen molar-refractivity contribution in [3.05, 3.63) is 70.8 Å². The summed E-state index contributed by atoms with van der Waals surface area (Å²) in [6.07, 6.45) is 7.72. The second-order valence-corrected chi connectivity index (χ2v) is 8.17. The van der Waals surface area contributed by atoms with Crippen molar-refractivity contribution in [1.82, 2.24) is 9.80 Å². The first-order chi connectivity index (χ1) is 12.7. The number of rotatable bonds is 5. The van der Waals surface area contributed by atoms with Crippen molar-refractivity contribution in [3.63, 3.8) is 0 Å². The van der Waals surface area contributed by atoms with E-state index in [0.29, 0.717) is 12.1 Å². The molecule has 0 amide bonds. The van der Waals surface area contributed by atoms with Gasteiger partial charge in [-0.1, -0.05) is 48.5 Å². The maximum absolute atomic E-state index is 2.59. The van der Waals surface area contributed by atoms with E-state index in [1.54, 1.807) is 22.3 Å². The molecule has 26 heavy (non-hydrogen) atoms. The van der Waals surface area contributed by atoms with Crippen molar-refractivity contribution in [1.29, 1.82) is 0 Å². The van der Waals surface area contributed by atoms with E-state index in [1.807, 2.05) is 0 Å². The van der Waals surface area contributed by atoms with Crippen molar-refractivity contribution in [2.45, 2.75) is 50.6 Å². The van der Waals surface area contributed by atoms with Crippen molar-refractivity contribution >= 4 is 0 Å². The van der Waals surface area contributed by atoms with Gasteiger partial charge in [0.05, 0.1) is 0 Å². The number of nitrogens with zero attached hydrogens (tertiary/aromatic N) is 2. The standard InChI is InChI=1S/C24H32N2/c1-25(23-15-7-11-19-9-3-5-13-21(19)23)17-18-26(2)24-16-8-12-20-10-4-6-14-22(20)24/h3-6,9-10,13-14,23-24H,7-8,11-12,15-18H2,1-2H3. The summed E-state index contributed by atoms with van der Waals surface area (Å²) in [7, 11) is 4.63. The first-order valence-electron chi connectivity index (χ1n) is 10.3. The molecule has 0 N–H and O–H groups in total. The van der Waals surface area contributed by atoms with Gasteiger partial charge in [0.2, 0.25) is 0 Å². The molecule has 0 heterocycles. The molecule has 4 rings (SSSR count). The molecule has 2 unspecified atom stereocenters. The SMILES string of the molecule is CN(CCN(C)C1CCCc2ccccc21)C1CCCc2ccccc21. The Bertz CT molecular complexity index is 675. The Morgan fingerprint density at radius 1 is 0.692 bits per heavy atom. The highest BCUT2D eigenvalue weighted by atomic mass is 15.2. The molecule has 2 nitrogen and oxygen atoms in total. The lowest BCUT2D eigenvalue weighted by atomic mass is 9.86. The summed E-state index contributed by atoms with van der Waals surface area (Å²) >= 11 is 0. The first kappa shape index (κ1) is 17.8. The fraction of sp³-hybridized carbons (Fsp3) is 0.500. The summed E-state index contributed by atoms with van der Waals surface area (Å²) < 4.78 is 0. The Morgan fingerprint density at radius 2 is 1.12 bits per heavy atom. The lowest BCUT2D eigenvalue weighted by Gasteiger charge is -2.37. The zero-order valence-corrected chi connectivity index (χ0v) is 16.3. The fourth-order valence-corrected chi connectivity index (χ4v) is 5.00. The van der Waals surface area contributed by atoms with E-state index in [4.69, 9.17) is 0 Å². The van der Waals surface area contributed by atoms with E-state index >= 15 is 0 Å². The number of hydrogen-bond acceptors (Lipinski definition) is 2. The summed E-state index contributed by atoms with van der Waals surface area (Å²) in [5.41, 5.74) is 6.24. The second kappa shape index (κ2) is 7.94. The smallest absolute Gasteiger partial charge is 0.0348 e. The summed E-state index contributed by atoms with van der Waals surface area (Å²) in [6, 6.07) is 19.3. The van der Waals surface area contributed by atoms with Crippen molar-refractivity contribution < 1.29 is 0 Å². The van der Waals surface area contributed by atoms with E-state index < -0.39 is 0 Å². The van der Waals surface area contributed by atoms with Crippen LogP contribution in [0.15, 0.2) is 48.5 Å². The Hall–Kier alpha value is -1.64. The van der Waals surface area contributed by atoms with E-state index in [1.165, 1.54) is 38.5 Å². The molecule has 0 radical (unpaired) electrons. The van der Waals surface area contributed by atoms with E-state index in [2.05, 4.69) is 72.4 Å². The maximum atomic E-state index is 2.59. The molecular weight excluding hydrogens is 316 g/mol. The monoisotopic (exact) mass is 348 g/mol. The van der Waals surface area contributed by atoms with E-state index in [9.17, 15) is 0 Å². The van der Waals surface area contributed by atoms with Crippen molar-refractivity contribution in [2.24, 2.45) is 0 Å². The van der Waals surface area contributed by atoms with E-state index in [-0.39, 0.29) is 0 Å². The predicted octanol–water partition coefficient (Wildman–Crippen LogP) is 5.01. The van der Waals surface area contributed by atoms with Crippen LogP contribution in [-0.2, 0) is 12.8 Å². The minimum absolute atomic E-state index is 0.590. The number of fused-ring (bicyclic) bond motifs is 2. The molecule has 0 saturated heterocycles. The topological polar surface area (TPSA) is 6.48 Å². The van der Waals surface area contributed by atoms with Crippen LogP contribution in [0, 0.1) is 0 Å². The maximum Gasteiger partial charge on any atom is 0.0348 e. The highest BCUT2D eigenvalue weighted by molar-refractivity contribution is 5.33. The zero-order valence-electron chi connectivity index (χ0n) is 16.3. The van der Waals surface area contributed by atoms with Crippen molar-refractivity contribution in [2.75, 3.05) is 27.2 Å². The molecule has 2 aliphatic carbocycles. The Kier molecular flexibility index (Phi) is 5.42. The lowest BCUT2D eigenvalue weighted by molar-refractivity contribution is 0.159. The molecular formula is C24H32N2. The molecule has 0 saturated carbocycles. The van der Waals surface area contributed by atoms with Crippen LogP contribution in [0.25, 0.3) is 0 Å². The molecule has 2 aliphatic rings. The van der Waals surface area contributed by atoms with Crippen LogP contribution in [0.5, 0.6) is 0 Å². The predicted molar refractivity (Wildman–Crippen MR) is 110 cm³/mol. The van der Waals surface area contributed by atoms with Crippen LogP contribution in [-0.4, -0.2) is 37.0 Å². The quantitative estimate of drug-likeness (QED) is 0.750.